The van der Waals surface area contributed by atoms with Gasteiger partial charge in [-0.2, -0.15) is 0 Å². The van der Waals surface area contributed by atoms with Crippen molar-refractivity contribution in [2.45, 2.75) is 32.1 Å². The maximum absolute atomic E-state index is 12.4. The Hall–Kier alpha value is -2.35. The highest BCUT2D eigenvalue weighted by Crippen LogP contribution is 2.34. The number of methoxy groups -OCH3 is 2. The lowest BCUT2D eigenvalue weighted by Gasteiger charge is -2.19. The van der Waals surface area contributed by atoms with Gasteiger partial charge >= 0.3 is 0 Å². The van der Waals surface area contributed by atoms with Crippen molar-refractivity contribution in [2.75, 3.05) is 40.4 Å². The second kappa shape index (κ2) is 9.96. The molecule has 0 unspecified atom stereocenters. The van der Waals surface area contributed by atoms with E-state index >= 15 is 0 Å². The van der Waals surface area contributed by atoms with Crippen molar-refractivity contribution < 1.29 is 19.2 Å². The van der Waals surface area contributed by atoms with E-state index in [0.717, 1.165) is 26.1 Å². The lowest BCUT2D eigenvalue weighted by atomic mass is 10.1. The second-order valence-electron chi connectivity index (χ2n) is 6.35. The standard InChI is InChI=1S/C18H27N3O5/c1-25-16-12-14(15(21(23)24)13-17(16)26-2)18(22)19-8-7-11-20-9-5-3-4-6-10-20/h12-13H,3-11H2,1-2H3,(H,19,22). The van der Waals surface area contributed by atoms with Crippen LogP contribution in [0.1, 0.15) is 42.5 Å². The Labute approximate surface area is 153 Å². The average molecular weight is 365 g/mol. The van der Waals surface area contributed by atoms with E-state index < -0.39 is 10.8 Å². The second-order valence-corrected chi connectivity index (χ2v) is 6.35. The molecule has 1 aromatic rings. The van der Waals surface area contributed by atoms with Gasteiger partial charge in [0.15, 0.2) is 11.5 Å². The smallest absolute Gasteiger partial charge is 0.286 e. The van der Waals surface area contributed by atoms with Crippen LogP contribution in [-0.2, 0) is 0 Å². The third-order valence-electron chi connectivity index (χ3n) is 4.58. The largest absolute Gasteiger partial charge is 0.493 e. The molecule has 1 heterocycles. The number of nitrogens with one attached hydrogen (secondary N) is 1. The zero-order valence-electron chi connectivity index (χ0n) is 15.5. The fraction of sp³-hybridized carbons (Fsp3) is 0.611. The summed E-state index contributed by atoms with van der Waals surface area (Å²) in [5.41, 5.74) is -0.324. The summed E-state index contributed by atoms with van der Waals surface area (Å²) in [5.74, 6) is 0.0262. The molecule has 1 amide bonds. The van der Waals surface area contributed by atoms with Crippen LogP contribution in [-0.4, -0.2) is 56.1 Å². The maximum atomic E-state index is 12.4. The topological polar surface area (TPSA) is 93.9 Å². The number of ether oxygens (including phenoxy) is 2. The number of rotatable bonds is 8. The molecule has 1 aromatic carbocycles. The van der Waals surface area contributed by atoms with Gasteiger partial charge in [-0.15, -0.1) is 0 Å². The quantitative estimate of drug-likeness (QED) is 0.432. The van der Waals surface area contributed by atoms with Crippen molar-refractivity contribution in [1.82, 2.24) is 10.2 Å². The summed E-state index contributed by atoms with van der Waals surface area (Å²) in [5, 5.41) is 14.1. The molecule has 144 valence electrons. The van der Waals surface area contributed by atoms with Crippen LogP contribution in [0.3, 0.4) is 0 Å². The van der Waals surface area contributed by atoms with Crippen molar-refractivity contribution in [3.63, 3.8) is 0 Å². The Morgan fingerprint density at radius 1 is 1.15 bits per heavy atom. The number of carbonyl (C=O) groups is 1. The van der Waals surface area contributed by atoms with Gasteiger partial charge in [0.1, 0.15) is 5.56 Å². The van der Waals surface area contributed by atoms with Gasteiger partial charge in [0.25, 0.3) is 11.6 Å². The van der Waals surface area contributed by atoms with Crippen molar-refractivity contribution in [1.29, 1.82) is 0 Å². The molecular weight excluding hydrogens is 338 g/mol. The van der Waals surface area contributed by atoms with Crippen LogP contribution in [0.4, 0.5) is 5.69 Å². The Morgan fingerprint density at radius 3 is 2.35 bits per heavy atom. The minimum Gasteiger partial charge on any atom is -0.493 e. The Kier molecular flexibility index (Phi) is 7.65. The molecule has 2 rings (SSSR count). The number of amides is 1. The van der Waals surface area contributed by atoms with E-state index in [1.54, 1.807) is 0 Å². The van der Waals surface area contributed by atoms with Crippen molar-refractivity contribution in [2.24, 2.45) is 0 Å². The molecule has 0 aliphatic carbocycles. The lowest BCUT2D eigenvalue weighted by molar-refractivity contribution is -0.385. The number of hydrogen-bond donors (Lipinski definition) is 1. The first kappa shape index (κ1) is 20.0. The first-order valence-electron chi connectivity index (χ1n) is 8.97. The number of likely N-dealkylation sites (tertiary alicyclic amines) is 1. The van der Waals surface area contributed by atoms with Gasteiger partial charge in [-0.05, 0) is 38.9 Å². The molecule has 0 radical (unpaired) electrons. The van der Waals surface area contributed by atoms with Crippen LogP contribution in [0.15, 0.2) is 12.1 Å². The van der Waals surface area contributed by atoms with E-state index in [0.29, 0.717) is 6.54 Å². The van der Waals surface area contributed by atoms with Crippen molar-refractivity contribution in [3.8, 4) is 11.5 Å². The van der Waals surface area contributed by atoms with Gasteiger partial charge in [-0.3, -0.25) is 14.9 Å². The molecule has 0 spiro atoms. The van der Waals surface area contributed by atoms with Crippen LogP contribution in [0.5, 0.6) is 11.5 Å². The summed E-state index contributed by atoms with van der Waals surface area (Å²) in [6.07, 6.45) is 5.84. The maximum Gasteiger partial charge on any atom is 0.286 e. The zero-order valence-corrected chi connectivity index (χ0v) is 15.5. The van der Waals surface area contributed by atoms with E-state index in [9.17, 15) is 14.9 Å². The number of carbonyl (C=O) groups excluding carboxylic acids is 1. The highest BCUT2D eigenvalue weighted by molar-refractivity contribution is 5.99. The van der Waals surface area contributed by atoms with Gasteiger partial charge in [0.05, 0.1) is 25.2 Å². The molecule has 0 aromatic heterocycles. The fourth-order valence-corrected chi connectivity index (χ4v) is 3.16. The molecule has 8 heteroatoms. The monoisotopic (exact) mass is 365 g/mol. The van der Waals surface area contributed by atoms with Gasteiger partial charge in [-0.1, -0.05) is 12.8 Å². The van der Waals surface area contributed by atoms with Crippen LogP contribution >= 0.6 is 0 Å². The summed E-state index contributed by atoms with van der Waals surface area (Å²) in [4.78, 5) is 25.5. The molecule has 8 nitrogen and oxygen atoms in total. The average Bonchev–Trinajstić information content (AvgIpc) is 2.92. The van der Waals surface area contributed by atoms with Crippen LogP contribution in [0.2, 0.25) is 0 Å². The first-order valence-corrected chi connectivity index (χ1v) is 8.97. The molecule has 1 aliphatic rings. The number of nitro groups is 1. The number of nitro benzene ring substituents is 1. The molecule has 1 aliphatic heterocycles. The minimum absolute atomic E-state index is 0.0255. The molecule has 0 saturated carbocycles. The van der Waals surface area contributed by atoms with Crippen LogP contribution in [0, 0.1) is 10.1 Å². The SMILES string of the molecule is COc1cc(C(=O)NCCCN2CCCCCC2)c([N+](=O)[O-])cc1OC. The predicted molar refractivity (Wildman–Crippen MR) is 98.1 cm³/mol. The Morgan fingerprint density at radius 2 is 1.77 bits per heavy atom. The number of benzene rings is 1. The van der Waals surface area contributed by atoms with E-state index in [1.165, 1.54) is 52.0 Å². The molecule has 1 fully saturated rings. The summed E-state index contributed by atoms with van der Waals surface area (Å²) < 4.78 is 10.2. The van der Waals surface area contributed by atoms with Gasteiger partial charge < -0.3 is 19.7 Å². The molecular formula is C18H27N3O5. The Bertz CT molecular complexity index is 627. The molecule has 0 atom stereocenters. The Balaban J connectivity index is 1.96. The van der Waals surface area contributed by atoms with Gasteiger partial charge in [0, 0.05) is 12.6 Å². The highest BCUT2D eigenvalue weighted by atomic mass is 16.6. The third kappa shape index (κ3) is 5.32. The van der Waals surface area contributed by atoms with E-state index in [4.69, 9.17) is 9.47 Å². The molecule has 1 saturated heterocycles. The van der Waals surface area contributed by atoms with Crippen molar-refractivity contribution in [3.05, 3.63) is 27.8 Å². The summed E-state index contributed by atoms with van der Waals surface area (Å²) in [6, 6.07) is 2.56. The first-order chi connectivity index (χ1) is 12.6. The summed E-state index contributed by atoms with van der Waals surface area (Å²) in [6.45, 7) is 3.61. The fourth-order valence-electron chi connectivity index (χ4n) is 3.16. The number of hydrogen-bond acceptors (Lipinski definition) is 6. The van der Waals surface area contributed by atoms with E-state index in [2.05, 4.69) is 10.2 Å². The van der Waals surface area contributed by atoms with Crippen LogP contribution in [0.25, 0.3) is 0 Å². The molecule has 26 heavy (non-hydrogen) atoms. The predicted octanol–water partition coefficient (Wildman–Crippen LogP) is 2.61. The normalized spacial score (nSPS) is 15.2. The van der Waals surface area contributed by atoms with Crippen molar-refractivity contribution >= 4 is 11.6 Å². The van der Waals surface area contributed by atoms with Crippen LogP contribution < -0.4 is 14.8 Å². The zero-order chi connectivity index (χ0) is 18.9. The summed E-state index contributed by atoms with van der Waals surface area (Å²) >= 11 is 0. The minimum atomic E-state index is -0.589. The molecule has 0 bridgehead atoms. The lowest BCUT2D eigenvalue weighted by Crippen LogP contribution is -2.31. The third-order valence-corrected chi connectivity index (χ3v) is 4.58. The van der Waals surface area contributed by atoms with Gasteiger partial charge in [0.2, 0.25) is 0 Å². The summed E-state index contributed by atoms with van der Waals surface area (Å²) in [7, 11) is 2.82. The van der Waals surface area contributed by atoms with Gasteiger partial charge in [-0.25, -0.2) is 0 Å². The van der Waals surface area contributed by atoms with E-state index in [-0.39, 0.29) is 22.7 Å². The number of nitrogens with zero attached hydrogens (tertiary/aromatic N) is 2. The highest BCUT2D eigenvalue weighted by Gasteiger charge is 2.24. The van der Waals surface area contributed by atoms with E-state index in [1.807, 2.05) is 0 Å². The molecule has 1 N–H and O–H groups in total.